The van der Waals surface area contributed by atoms with Gasteiger partial charge in [0.25, 0.3) is 0 Å². The zero-order chi connectivity index (χ0) is 18.1. The van der Waals surface area contributed by atoms with Crippen molar-refractivity contribution in [1.82, 2.24) is 5.32 Å². The number of benzene rings is 2. The van der Waals surface area contributed by atoms with Crippen molar-refractivity contribution in [1.29, 1.82) is 5.26 Å². The smallest absolute Gasteiger partial charge is 0.234 e. The second-order valence-electron chi connectivity index (χ2n) is 5.41. The van der Waals surface area contributed by atoms with Gasteiger partial charge in [0.1, 0.15) is 6.42 Å². The van der Waals surface area contributed by atoms with Crippen molar-refractivity contribution >= 4 is 33.4 Å². The molecule has 0 saturated carbocycles. The van der Waals surface area contributed by atoms with Crippen molar-refractivity contribution in [3.05, 3.63) is 64.1 Å². The van der Waals surface area contributed by atoms with Gasteiger partial charge in [0.15, 0.2) is 0 Å². The number of para-hydroxylation sites is 1. The molecular weight excluding hydrogens is 382 g/mol. The summed E-state index contributed by atoms with van der Waals surface area (Å²) in [6, 6.07) is 16.9. The maximum atomic E-state index is 12.2. The highest BCUT2D eigenvalue weighted by molar-refractivity contribution is 9.10. The van der Waals surface area contributed by atoms with E-state index < -0.39 is 0 Å². The van der Waals surface area contributed by atoms with Crippen LogP contribution in [0.25, 0.3) is 0 Å². The Morgan fingerprint density at radius 3 is 2.40 bits per heavy atom. The summed E-state index contributed by atoms with van der Waals surface area (Å²) in [7, 11) is 0. The van der Waals surface area contributed by atoms with Gasteiger partial charge in [0, 0.05) is 23.1 Å². The number of anilines is 1. The molecule has 2 rings (SSSR count). The molecule has 0 unspecified atom stereocenters. The van der Waals surface area contributed by atoms with Gasteiger partial charge in [0.05, 0.1) is 6.07 Å². The third-order valence-corrected chi connectivity index (χ3v) is 4.36. The summed E-state index contributed by atoms with van der Waals surface area (Å²) < 4.78 is 0.989. The van der Waals surface area contributed by atoms with Crippen LogP contribution in [-0.2, 0) is 22.6 Å². The third-order valence-electron chi connectivity index (χ3n) is 3.59. The lowest BCUT2D eigenvalue weighted by Gasteiger charge is -2.12. The fourth-order valence-corrected chi connectivity index (χ4v) is 2.77. The molecule has 0 aliphatic heterocycles. The van der Waals surface area contributed by atoms with E-state index in [-0.39, 0.29) is 24.8 Å². The van der Waals surface area contributed by atoms with E-state index in [0.29, 0.717) is 18.5 Å². The van der Waals surface area contributed by atoms with Crippen molar-refractivity contribution in [3.63, 3.8) is 0 Å². The SMILES string of the molecule is N#CCC(=O)NCc1ccccc1NC(=O)CCc1ccccc1Br. The Morgan fingerprint density at radius 2 is 1.68 bits per heavy atom. The Bertz CT molecular complexity index is 799. The van der Waals surface area contributed by atoms with Crippen molar-refractivity contribution in [2.24, 2.45) is 0 Å². The molecule has 0 bridgehead atoms. The molecule has 2 amide bonds. The molecule has 0 aliphatic carbocycles. The van der Waals surface area contributed by atoms with Crippen LogP contribution < -0.4 is 10.6 Å². The maximum Gasteiger partial charge on any atom is 0.234 e. The van der Waals surface area contributed by atoms with Crippen molar-refractivity contribution in [2.45, 2.75) is 25.8 Å². The Hall–Kier alpha value is -2.65. The molecule has 2 N–H and O–H groups in total. The Balaban J connectivity index is 1.93. The summed E-state index contributed by atoms with van der Waals surface area (Å²) in [6.07, 6.45) is 0.812. The van der Waals surface area contributed by atoms with Crippen LogP contribution >= 0.6 is 15.9 Å². The molecule has 0 spiro atoms. The number of hydrogen-bond donors (Lipinski definition) is 2. The number of halogens is 1. The number of amides is 2. The highest BCUT2D eigenvalue weighted by atomic mass is 79.9. The molecule has 5 nitrogen and oxygen atoms in total. The van der Waals surface area contributed by atoms with Crippen LogP contribution in [0.4, 0.5) is 5.69 Å². The molecule has 0 saturated heterocycles. The van der Waals surface area contributed by atoms with Gasteiger partial charge >= 0.3 is 0 Å². The van der Waals surface area contributed by atoms with Crippen LogP contribution in [0.3, 0.4) is 0 Å². The van der Waals surface area contributed by atoms with E-state index in [9.17, 15) is 9.59 Å². The second-order valence-corrected chi connectivity index (χ2v) is 6.26. The third kappa shape index (κ3) is 6.05. The number of nitrogens with one attached hydrogen (secondary N) is 2. The van der Waals surface area contributed by atoms with Gasteiger partial charge in [-0.2, -0.15) is 5.26 Å². The number of carbonyl (C=O) groups is 2. The first kappa shape index (κ1) is 18.7. The second kappa shape index (κ2) is 9.60. The lowest BCUT2D eigenvalue weighted by atomic mass is 10.1. The van der Waals surface area contributed by atoms with Gasteiger partial charge in [-0.3, -0.25) is 9.59 Å². The van der Waals surface area contributed by atoms with Gasteiger partial charge in [-0.15, -0.1) is 0 Å². The lowest BCUT2D eigenvalue weighted by molar-refractivity contribution is -0.120. The minimum absolute atomic E-state index is 0.0912. The summed E-state index contributed by atoms with van der Waals surface area (Å²) in [5.41, 5.74) is 2.54. The van der Waals surface area contributed by atoms with E-state index in [1.165, 1.54) is 0 Å². The van der Waals surface area contributed by atoms with E-state index in [1.54, 1.807) is 12.1 Å². The van der Waals surface area contributed by atoms with Crippen LogP contribution in [0.2, 0.25) is 0 Å². The van der Waals surface area contributed by atoms with Crippen LogP contribution in [0.5, 0.6) is 0 Å². The Labute approximate surface area is 155 Å². The number of aryl methyl sites for hydroxylation is 1. The number of rotatable bonds is 7. The van der Waals surface area contributed by atoms with Gasteiger partial charge in [-0.1, -0.05) is 52.3 Å². The largest absolute Gasteiger partial charge is 0.351 e. The Morgan fingerprint density at radius 1 is 1.00 bits per heavy atom. The highest BCUT2D eigenvalue weighted by Gasteiger charge is 2.09. The van der Waals surface area contributed by atoms with Crippen molar-refractivity contribution in [3.8, 4) is 6.07 Å². The van der Waals surface area contributed by atoms with Crippen LogP contribution in [0, 0.1) is 11.3 Å². The quantitative estimate of drug-likeness (QED) is 0.746. The van der Waals surface area contributed by atoms with Crippen molar-refractivity contribution < 1.29 is 9.59 Å². The Kier molecular flexibility index (Phi) is 7.17. The lowest BCUT2D eigenvalue weighted by Crippen LogP contribution is -2.23. The average Bonchev–Trinajstić information content (AvgIpc) is 2.60. The van der Waals surface area contributed by atoms with Gasteiger partial charge < -0.3 is 10.6 Å². The molecule has 0 fully saturated rings. The minimum atomic E-state index is -0.336. The first-order chi connectivity index (χ1) is 12.1. The first-order valence-corrected chi connectivity index (χ1v) is 8.64. The summed E-state index contributed by atoms with van der Waals surface area (Å²) >= 11 is 3.48. The van der Waals surface area contributed by atoms with E-state index >= 15 is 0 Å². The average molecular weight is 400 g/mol. The molecule has 2 aromatic carbocycles. The normalized spacial score (nSPS) is 9.92. The monoisotopic (exact) mass is 399 g/mol. The topological polar surface area (TPSA) is 82.0 Å². The van der Waals surface area contributed by atoms with Crippen molar-refractivity contribution in [2.75, 3.05) is 5.32 Å². The number of hydrogen-bond acceptors (Lipinski definition) is 3. The fraction of sp³-hybridized carbons (Fsp3) is 0.211. The van der Waals surface area contributed by atoms with Crippen LogP contribution in [0.15, 0.2) is 53.0 Å². The standard InChI is InChI=1S/C19H18BrN3O2/c20-16-7-3-1-5-14(16)9-10-19(25)23-17-8-4-2-6-15(17)13-22-18(24)11-12-21/h1-8H,9-11,13H2,(H,22,24)(H,23,25). The molecule has 0 aliphatic rings. The number of nitriles is 1. The van der Waals surface area contributed by atoms with E-state index in [4.69, 9.17) is 5.26 Å². The highest BCUT2D eigenvalue weighted by Crippen LogP contribution is 2.19. The summed E-state index contributed by atoms with van der Waals surface area (Å²) in [4.78, 5) is 23.6. The van der Waals surface area contributed by atoms with Gasteiger partial charge in [-0.05, 0) is 29.7 Å². The van der Waals surface area contributed by atoms with Gasteiger partial charge in [-0.25, -0.2) is 0 Å². The molecule has 0 atom stereocenters. The van der Waals surface area contributed by atoms with Gasteiger partial charge in [0.2, 0.25) is 11.8 Å². The molecular formula is C19H18BrN3O2. The predicted molar refractivity (Wildman–Crippen MR) is 99.6 cm³/mol. The zero-order valence-electron chi connectivity index (χ0n) is 13.6. The zero-order valence-corrected chi connectivity index (χ0v) is 15.2. The minimum Gasteiger partial charge on any atom is -0.351 e. The fourth-order valence-electron chi connectivity index (χ4n) is 2.29. The molecule has 0 aromatic heterocycles. The molecule has 0 heterocycles. The molecule has 0 radical (unpaired) electrons. The predicted octanol–water partition coefficient (Wildman–Crippen LogP) is 3.55. The van der Waals surface area contributed by atoms with E-state index in [1.807, 2.05) is 42.5 Å². The van der Waals surface area contributed by atoms with Crippen LogP contribution in [-0.4, -0.2) is 11.8 Å². The maximum absolute atomic E-state index is 12.2. The summed E-state index contributed by atoms with van der Waals surface area (Å²) in [5, 5.41) is 14.1. The van der Waals surface area contributed by atoms with Crippen LogP contribution in [0.1, 0.15) is 24.0 Å². The molecule has 25 heavy (non-hydrogen) atoms. The summed E-state index contributed by atoms with van der Waals surface area (Å²) in [6.45, 7) is 0.265. The molecule has 2 aromatic rings. The van der Waals surface area contributed by atoms with E-state index in [2.05, 4.69) is 26.6 Å². The molecule has 128 valence electrons. The molecule has 6 heteroatoms. The number of nitrogens with zero attached hydrogens (tertiary/aromatic N) is 1. The number of carbonyl (C=O) groups excluding carboxylic acids is 2. The van der Waals surface area contributed by atoms with E-state index in [0.717, 1.165) is 15.6 Å². The summed E-state index contributed by atoms with van der Waals surface area (Å²) in [5.74, 6) is -0.427. The first-order valence-electron chi connectivity index (χ1n) is 7.85.